The lowest BCUT2D eigenvalue weighted by Gasteiger charge is -2.32. The predicted octanol–water partition coefficient (Wildman–Crippen LogP) is 1.67. The number of carbonyl (C=O) groups is 2. The fraction of sp³-hybridized carbons (Fsp3) is 0.368. The van der Waals surface area contributed by atoms with E-state index in [1.165, 1.54) is 0 Å². The standard InChI is InChI=1S/C19H23N3O3/c1-5-19(3,4)16-13(11-8-6-7-9-12(11)21-16)15(23)14-18(25)20-10(2)17(24)22-14/h5-10,14-15,21,23H,1H2,2-4H3,(H,20,25)(H,22,24)/t10-,14-,15?/m0/s1. The Hall–Kier alpha value is -2.60. The number of allylic oxidation sites excluding steroid dienone is 1. The van der Waals surface area contributed by atoms with Gasteiger partial charge in [0.25, 0.3) is 0 Å². The van der Waals surface area contributed by atoms with Crippen molar-refractivity contribution in [2.24, 2.45) is 0 Å². The van der Waals surface area contributed by atoms with Crippen LogP contribution in [0.5, 0.6) is 0 Å². The van der Waals surface area contributed by atoms with Gasteiger partial charge >= 0.3 is 0 Å². The van der Waals surface area contributed by atoms with Crippen LogP contribution < -0.4 is 10.6 Å². The van der Waals surface area contributed by atoms with E-state index in [1.807, 2.05) is 38.1 Å². The number of benzene rings is 1. The highest BCUT2D eigenvalue weighted by Crippen LogP contribution is 2.37. The second-order valence-electron chi connectivity index (χ2n) is 7.05. The van der Waals surface area contributed by atoms with E-state index in [4.69, 9.17) is 0 Å². The molecule has 2 heterocycles. The van der Waals surface area contributed by atoms with Crippen molar-refractivity contribution in [3.8, 4) is 0 Å². The number of rotatable bonds is 4. The lowest BCUT2D eigenvalue weighted by Crippen LogP contribution is -2.62. The van der Waals surface area contributed by atoms with E-state index in [1.54, 1.807) is 13.0 Å². The van der Waals surface area contributed by atoms with E-state index in [0.29, 0.717) is 5.56 Å². The number of nitrogens with one attached hydrogen (secondary N) is 3. The summed E-state index contributed by atoms with van der Waals surface area (Å²) in [5, 5.41) is 17.1. The minimum Gasteiger partial charge on any atom is -0.386 e. The molecule has 1 fully saturated rings. The summed E-state index contributed by atoms with van der Waals surface area (Å²) in [5.74, 6) is -0.708. The van der Waals surface area contributed by atoms with Crippen LogP contribution >= 0.6 is 0 Å². The predicted molar refractivity (Wildman–Crippen MR) is 96.0 cm³/mol. The number of para-hydroxylation sites is 1. The molecular weight excluding hydrogens is 318 g/mol. The topological polar surface area (TPSA) is 94.2 Å². The SMILES string of the molecule is C=CC(C)(C)c1[nH]c2ccccc2c1C(O)[C@@H]1NC(=O)[C@H](C)NC1=O. The second-order valence-corrected chi connectivity index (χ2v) is 7.05. The summed E-state index contributed by atoms with van der Waals surface area (Å²) in [5.41, 5.74) is 1.79. The van der Waals surface area contributed by atoms with E-state index in [-0.39, 0.29) is 5.91 Å². The van der Waals surface area contributed by atoms with Gasteiger partial charge in [0.05, 0.1) is 0 Å². The number of H-pyrrole nitrogens is 1. The summed E-state index contributed by atoms with van der Waals surface area (Å²) in [7, 11) is 0. The number of aliphatic hydroxyl groups excluding tert-OH is 1. The van der Waals surface area contributed by atoms with Crippen LogP contribution in [0, 0.1) is 0 Å². The van der Waals surface area contributed by atoms with Crippen LogP contribution in [0.25, 0.3) is 10.9 Å². The second kappa shape index (κ2) is 6.04. The smallest absolute Gasteiger partial charge is 0.246 e. The maximum atomic E-state index is 12.3. The van der Waals surface area contributed by atoms with Gasteiger partial charge in [0.15, 0.2) is 0 Å². The number of aromatic nitrogens is 1. The highest BCUT2D eigenvalue weighted by molar-refractivity contribution is 5.98. The Morgan fingerprint density at radius 1 is 1.20 bits per heavy atom. The maximum Gasteiger partial charge on any atom is 0.246 e. The minimum atomic E-state index is -1.18. The first-order valence-corrected chi connectivity index (χ1v) is 8.29. The normalized spacial score (nSPS) is 22.4. The largest absolute Gasteiger partial charge is 0.386 e. The number of piperazine rings is 1. The molecular formula is C19H23N3O3. The molecule has 6 nitrogen and oxygen atoms in total. The Morgan fingerprint density at radius 2 is 1.88 bits per heavy atom. The van der Waals surface area contributed by atoms with E-state index >= 15 is 0 Å². The zero-order chi connectivity index (χ0) is 18.4. The molecule has 3 atom stereocenters. The maximum absolute atomic E-state index is 12.3. The van der Waals surface area contributed by atoms with E-state index in [9.17, 15) is 14.7 Å². The van der Waals surface area contributed by atoms with Gasteiger partial charge in [-0.15, -0.1) is 6.58 Å². The van der Waals surface area contributed by atoms with Crippen molar-refractivity contribution >= 4 is 22.7 Å². The molecule has 0 bridgehead atoms. The van der Waals surface area contributed by atoms with Crippen LogP contribution in [0.1, 0.15) is 38.1 Å². The van der Waals surface area contributed by atoms with E-state index in [0.717, 1.165) is 16.6 Å². The number of carbonyl (C=O) groups excluding carboxylic acids is 2. The highest BCUT2D eigenvalue weighted by atomic mass is 16.3. The van der Waals surface area contributed by atoms with Crippen LogP contribution in [0.3, 0.4) is 0 Å². The van der Waals surface area contributed by atoms with Crippen molar-refractivity contribution in [3.05, 3.63) is 48.2 Å². The van der Waals surface area contributed by atoms with E-state index in [2.05, 4.69) is 22.2 Å². The van der Waals surface area contributed by atoms with Gasteiger partial charge in [0.2, 0.25) is 11.8 Å². The van der Waals surface area contributed by atoms with Crippen molar-refractivity contribution in [3.63, 3.8) is 0 Å². The Balaban J connectivity index is 2.13. The van der Waals surface area contributed by atoms with Gasteiger partial charge in [0.1, 0.15) is 18.2 Å². The van der Waals surface area contributed by atoms with Crippen molar-refractivity contribution in [2.75, 3.05) is 0 Å². The van der Waals surface area contributed by atoms with Crippen molar-refractivity contribution in [2.45, 2.75) is 44.4 Å². The molecule has 0 saturated carbocycles. The number of hydrogen-bond acceptors (Lipinski definition) is 3. The van der Waals surface area contributed by atoms with Gasteiger partial charge in [-0.05, 0) is 13.0 Å². The molecule has 1 aromatic carbocycles. The number of amides is 2. The van der Waals surface area contributed by atoms with Gasteiger partial charge < -0.3 is 20.7 Å². The number of aliphatic hydroxyl groups is 1. The van der Waals surface area contributed by atoms with Crippen molar-refractivity contribution in [1.82, 2.24) is 15.6 Å². The molecule has 4 N–H and O–H groups in total. The molecule has 0 spiro atoms. The van der Waals surface area contributed by atoms with Gasteiger partial charge in [-0.1, -0.05) is 38.1 Å². The van der Waals surface area contributed by atoms with Crippen LogP contribution in [0.4, 0.5) is 0 Å². The van der Waals surface area contributed by atoms with Gasteiger partial charge in [-0.3, -0.25) is 9.59 Å². The molecule has 1 aliphatic rings. The Labute approximate surface area is 146 Å². The van der Waals surface area contributed by atoms with Crippen molar-refractivity contribution in [1.29, 1.82) is 0 Å². The molecule has 132 valence electrons. The lowest BCUT2D eigenvalue weighted by molar-refractivity contribution is -0.139. The zero-order valence-corrected chi connectivity index (χ0v) is 14.6. The van der Waals surface area contributed by atoms with Gasteiger partial charge in [-0.25, -0.2) is 0 Å². The summed E-state index contributed by atoms with van der Waals surface area (Å²) in [6.45, 7) is 9.43. The van der Waals surface area contributed by atoms with Crippen LogP contribution in [-0.2, 0) is 15.0 Å². The summed E-state index contributed by atoms with van der Waals surface area (Å²) in [4.78, 5) is 27.6. The first kappa shape index (κ1) is 17.2. The Kier molecular flexibility index (Phi) is 4.16. The molecule has 1 unspecified atom stereocenters. The fourth-order valence-corrected chi connectivity index (χ4v) is 3.18. The van der Waals surface area contributed by atoms with Crippen molar-refractivity contribution < 1.29 is 14.7 Å². The molecule has 1 aliphatic heterocycles. The molecule has 1 saturated heterocycles. The third kappa shape index (κ3) is 2.82. The molecule has 3 rings (SSSR count). The Bertz CT molecular complexity index is 853. The molecule has 0 aliphatic carbocycles. The highest BCUT2D eigenvalue weighted by Gasteiger charge is 2.39. The number of aromatic amines is 1. The number of fused-ring (bicyclic) bond motifs is 1. The molecule has 0 radical (unpaired) electrons. The minimum absolute atomic E-state index is 0.312. The van der Waals surface area contributed by atoms with Crippen LogP contribution in [0.15, 0.2) is 36.9 Å². The molecule has 1 aromatic heterocycles. The molecule has 2 amide bonds. The number of hydrogen-bond donors (Lipinski definition) is 4. The summed E-state index contributed by atoms with van der Waals surface area (Å²) < 4.78 is 0. The summed E-state index contributed by atoms with van der Waals surface area (Å²) in [6.07, 6.45) is 0.608. The molecule has 2 aromatic rings. The summed E-state index contributed by atoms with van der Waals surface area (Å²) >= 11 is 0. The fourth-order valence-electron chi connectivity index (χ4n) is 3.18. The average molecular weight is 341 g/mol. The van der Waals surface area contributed by atoms with Crippen LogP contribution in [0.2, 0.25) is 0 Å². The quantitative estimate of drug-likeness (QED) is 0.637. The first-order chi connectivity index (χ1) is 11.8. The zero-order valence-electron chi connectivity index (χ0n) is 14.6. The lowest BCUT2D eigenvalue weighted by atomic mass is 9.83. The first-order valence-electron chi connectivity index (χ1n) is 8.29. The summed E-state index contributed by atoms with van der Waals surface area (Å²) in [6, 6.07) is 5.92. The third-order valence-electron chi connectivity index (χ3n) is 4.84. The van der Waals surface area contributed by atoms with E-state index < -0.39 is 29.5 Å². The molecule has 6 heteroatoms. The molecule has 25 heavy (non-hydrogen) atoms. The van der Waals surface area contributed by atoms with Crippen LogP contribution in [-0.4, -0.2) is 34.0 Å². The van der Waals surface area contributed by atoms with Gasteiger partial charge in [0, 0.05) is 27.6 Å². The average Bonchev–Trinajstić information content (AvgIpc) is 2.98. The van der Waals surface area contributed by atoms with Gasteiger partial charge in [-0.2, -0.15) is 0 Å². The third-order valence-corrected chi connectivity index (χ3v) is 4.84. The monoisotopic (exact) mass is 341 g/mol. The Morgan fingerprint density at radius 3 is 2.56 bits per heavy atom.